The second-order valence-electron chi connectivity index (χ2n) is 8.88. The fourth-order valence-electron chi connectivity index (χ4n) is 4.55. The lowest BCUT2D eigenvalue weighted by atomic mass is 9.91. The number of imide groups is 1. The Morgan fingerprint density at radius 3 is 2.44 bits per heavy atom. The quantitative estimate of drug-likeness (QED) is 0.459. The number of amides is 3. The molecule has 3 amide bonds. The Kier molecular flexibility index (Phi) is 6.24. The van der Waals surface area contributed by atoms with E-state index >= 15 is 0 Å². The summed E-state index contributed by atoms with van der Waals surface area (Å²) in [5, 5.41) is 2.74. The summed E-state index contributed by atoms with van der Waals surface area (Å²) in [6.45, 7) is 5.28. The minimum atomic E-state index is -3.38. The largest absolute Gasteiger partial charge is 0.325 e. The normalized spacial score (nSPS) is 20.0. The molecular weight excluding hydrogens is 454 g/mol. The van der Waals surface area contributed by atoms with Crippen LogP contribution in [0.5, 0.6) is 0 Å². The van der Waals surface area contributed by atoms with Crippen LogP contribution in [0.1, 0.15) is 54.2 Å². The lowest BCUT2D eigenvalue weighted by Crippen LogP contribution is -2.41. The molecule has 180 valence electrons. The molecule has 2 aromatic rings. The molecular formula is C25H29N3O5S. The van der Waals surface area contributed by atoms with Crippen LogP contribution < -0.4 is 9.62 Å². The van der Waals surface area contributed by atoms with Gasteiger partial charge in [-0.1, -0.05) is 37.6 Å². The smallest absolute Gasteiger partial charge is 0.319 e. The number of sulfonamides is 1. The third-order valence-electron chi connectivity index (χ3n) is 6.60. The molecule has 1 N–H and O–H groups in total. The number of carbonyl (C=O) groups excluding carboxylic acids is 3. The summed E-state index contributed by atoms with van der Waals surface area (Å²) in [6.07, 6.45) is 2.45. The summed E-state index contributed by atoms with van der Waals surface area (Å²) in [6, 6.07) is 11.8. The number of carbonyl (C=O) groups is 3. The average molecular weight is 484 g/mol. The third kappa shape index (κ3) is 4.09. The van der Waals surface area contributed by atoms with Crippen LogP contribution in [0, 0.1) is 0 Å². The van der Waals surface area contributed by atoms with Gasteiger partial charge in [0.2, 0.25) is 10.0 Å². The lowest BCUT2D eigenvalue weighted by Gasteiger charge is -2.22. The highest BCUT2D eigenvalue weighted by atomic mass is 32.2. The zero-order valence-electron chi connectivity index (χ0n) is 19.6. The van der Waals surface area contributed by atoms with Crippen molar-refractivity contribution in [2.24, 2.45) is 0 Å². The minimum absolute atomic E-state index is 0.000592. The van der Waals surface area contributed by atoms with Gasteiger partial charge in [0.1, 0.15) is 5.54 Å². The van der Waals surface area contributed by atoms with E-state index in [1.54, 1.807) is 32.0 Å². The number of urea groups is 1. The summed E-state index contributed by atoms with van der Waals surface area (Å²) in [5.74, 6) is -0.861. The Labute approximate surface area is 200 Å². The highest BCUT2D eigenvalue weighted by Crippen LogP contribution is 2.32. The van der Waals surface area contributed by atoms with Crippen LogP contribution in [0.25, 0.3) is 0 Å². The van der Waals surface area contributed by atoms with E-state index in [0.717, 1.165) is 28.9 Å². The topological polar surface area (TPSA) is 104 Å². The molecule has 0 bridgehead atoms. The first-order valence-electron chi connectivity index (χ1n) is 11.5. The van der Waals surface area contributed by atoms with Crippen LogP contribution in [-0.4, -0.2) is 49.9 Å². The van der Waals surface area contributed by atoms with Gasteiger partial charge in [0.15, 0.2) is 5.78 Å². The Balaban J connectivity index is 1.51. The number of Topliss-reactive ketones (excluding diaryl/α,β-unsaturated/α-hetero) is 1. The van der Waals surface area contributed by atoms with Crippen LogP contribution in [0.4, 0.5) is 10.5 Å². The van der Waals surface area contributed by atoms with Crippen LogP contribution in [0.15, 0.2) is 42.5 Å². The van der Waals surface area contributed by atoms with E-state index in [9.17, 15) is 22.8 Å². The Hall–Kier alpha value is -3.20. The van der Waals surface area contributed by atoms with Gasteiger partial charge in [-0.05, 0) is 61.6 Å². The lowest BCUT2D eigenvalue weighted by molar-refractivity contribution is -0.130. The van der Waals surface area contributed by atoms with Crippen molar-refractivity contribution in [3.8, 4) is 0 Å². The van der Waals surface area contributed by atoms with E-state index in [1.165, 1.54) is 4.31 Å². The molecule has 0 aliphatic carbocycles. The zero-order chi connectivity index (χ0) is 24.7. The first-order chi connectivity index (χ1) is 16.1. The number of hydrogen-bond donors (Lipinski definition) is 1. The van der Waals surface area contributed by atoms with Crippen molar-refractivity contribution in [3.05, 3.63) is 64.7 Å². The molecule has 0 radical (unpaired) electrons. The number of rotatable bonds is 8. The number of fused-ring (bicyclic) bond motifs is 1. The van der Waals surface area contributed by atoms with Crippen molar-refractivity contribution in [2.75, 3.05) is 23.1 Å². The maximum atomic E-state index is 13.2. The molecule has 9 heteroatoms. The highest BCUT2D eigenvalue weighted by molar-refractivity contribution is 7.92. The van der Waals surface area contributed by atoms with Gasteiger partial charge in [-0.25, -0.2) is 13.2 Å². The summed E-state index contributed by atoms with van der Waals surface area (Å²) in [7, 11) is -3.38. The maximum Gasteiger partial charge on any atom is 0.325 e. The molecule has 0 aromatic heterocycles. The van der Waals surface area contributed by atoms with Gasteiger partial charge in [0.05, 0.1) is 18.0 Å². The molecule has 4 rings (SSSR count). The molecule has 1 atom stereocenters. The number of nitrogens with zero attached hydrogens (tertiary/aromatic N) is 2. The second-order valence-corrected chi connectivity index (χ2v) is 11.1. The Bertz CT molecular complexity index is 1260. The van der Waals surface area contributed by atoms with Gasteiger partial charge in [-0.3, -0.25) is 18.8 Å². The van der Waals surface area contributed by atoms with E-state index in [-0.39, 0.29) is 18.1 Å². The molecule has 8 nitrogen and oxygen atoms in total. The molecule has 0 saturated carbocycles. The van der Waals surface area contributed by atoms with Crippen molar-refractivity contribution in [2.45, 2.75) is 45.6 Å². The predicted molar refractivity (Wildman–Crippen MR) is 129 cm³/mol. The summed E-state index contributed by atoms with van der Waals surface area (Å²) in [5.41, 5.74) is 2.25. The number of benzene rings is 2. The monoisotopic (exact) mass is 483 g/mol. The van der Waals surface area contributed by atoms with Crippen molar-refractivity contribution in [1.82, 2.24) is 10.2 Å². The van der Waals surface area contributed by atoms with E-state index < -0.39 is 27.5 Å². The Morgan fingerprint density at radius 1 is 1.09 bits per heavy atom. The zero-order valence-corrected chi connectivity index (χ0v) is 20.4. The van der Waals surface area contributed by atoms with Gasteiger partial charge in [-0.15, -0.1) is 0 Å². The summed E-state index contributed by atoms with van der Waals surface area (Å²) in [4.78, 5) is 39.8. The van der Waals surface area contributed by atoms with Crippen molar-refractivity contribution >= 4 is 33.4 Å². The maximum absolute atomic E-state index is 13.2. The highest BCUT2D eigenvalue weighted by Gasteiger charge is 2.49. The van der Waals surface area contributed by atoms with Crippen molar-refractivity contribution < 1.29 is 22.8 Å². The first kappa shape index (κ1) is 23.9. The number of hydrogen-bond acceptors (Lipinski definition) is 5. The molecule has 2 aromatic carbocycles. The third-order valence-corrected chi connectivity index (χ3v) is 8.38. The molecule has 2 aliphatic heterocycles. The van der Waals surface area contributed by atoms with Crippen LogP contribution in [-0.2, 0) is 33.2 Å². The van der Waals surface area contributed by atoms with Gasteiger partial charge in [0, 0.05) is 12.1 Å². The SMILES string of the molecule is CCCc1ccc([C@@]2(C)NC(=O)N(CC(=O)c3ccc4c(c3)CCN4S(=O)(=O)CC)C2=O)cc1. The van der Waals surface area contributed by atoms with Crippen molar-refractivity contribution in [1.29, 1.82) is 0 Å². The summed E-state index contributed by atoms with van der Waals surface area (Å²) < 4.78 is 25.9. The number of anilines is 1. The molecule has 1 fully saturated rings. The number of ketones is 1. The fraction of sp³-hybridized carbons (Fsp3) is 0.400. The number of aryl methyl sites for hydroxylation is 1. The first-order valence-corrected chi connectivity index (χ1v) is 13.1. The molecule has 2 heterocycles. The van der Waals surface area contributed by atoms with Gasteiger partial charge in [0.25, 0.3) is 5.91 Å². The molecule has 0 spiro atoms. The van der Waals surface area contributed by atoms with Crippen LogP contribution in [0.2, 0.25) is 0 Å². The predicted octanol–water partition coefficient (Wildman–Crippen LogP) is 3.00. The van der Waals surface area contributed by atoms with Gasteiger partial charge in [-0.2, -0.15) is 0 Å². The average Bonchev–Trinajstić information content (AvgIpc) is 3.35. The van der Waals surface area contributed by atoms with Gasteiger partial charge < -0.3 is 5.32 Å². The van der Waals surface area contributed by atoms with E-state index in [4.69, 9.17) is 0 Å². The van der Waals surface area contributed by atoms with Crippen molar-refractivity contribution in [3.63, 3.8) is 0 Å². The molecule has 2 aliphatic rings. The van der Waals surface area contributed by atoms with Crippen LogP contribution in [0.3, 0.4) is 0 Å². The Morgan fingerprint density at radius 2 is 1.79 bits per heavy atom. The van der Waals surface area contributed by atoms with Crippen LogP contribution >= 0.6 is 0 Å². The molecule has 0 unspecified atom stereocenters. The van der Waals surface area contributed by atoms with Gasteiger partial charge >= 0.3 is 6.03 Å². The summed E-state index contributed by atoms with van der Waals surface area (Å²) >= 11 is 0. The van der Waals surface area contributed by atoms with E-state index in [2.05, 4.69) is 12.2 Å². The molecule has 1 saturated heterocycles. The minimum Gasteiger partial charge on any atom is -0.319 e. The van der Waals surface area contributed by atoms with E-state index in [1.807, 2.05) is 24.3 Å². The van der Waals surface area contributed by atoms with E-state index in [0.29, 0.717) is 29.8 Å². The second kappa shape index (κ2) is 8.87. The fourth-order valence-corrected chi connectivity index (χ4v) is 5.71. The standard InChI is InChI=1S/C25H29N3O5S/c1-4-6-17-7-10-20(11-8-17)25(3)23(30)27(24(31)26-25)16-22(29)19-9-12-21-18(15-19)13-14-28(21)34(32,33)5-2/h7-12,15H,4-6,13-14,16H2,1-3H3,(H,26,31)/t25-/m1/s1. The molecule has 34 heavy (non-hydrogen) atoms. The number of nitrogens with one attached hydrogen (secondary N) is 1.